The van der Waals surface area contributed by atoms with Crippen molar-refractivity contribution in [2.45, 2.75) is 52.1 Å². The van der Waals surface area contributed by atoms with Crippen LogP contribution in [0.4, 0.5) is 0 Å². The molecule has 1 amide bonds. The molecular weight excluding hydrogens is 232 g/mol. The van der Waals surface area contributed by atoms with Gasteiger partial charge in [0.25, 0.3) is 0 Å². The second kappa shape index (κ2) is 7.36. The smallest absolute Gasteiger partial charge is 0.328 e. The minimum Gasteiger partial charge on any atom is -0.464 e. The Balaban J connectivity index is 2.53. The third kappa shape index (κ3) is 4.64. The summed E-state index contributed by atoms with van der Waals surface area (Å²) in [5.74, 6) is -0.0972. The summed E-state index contributed by atoms with van der Waals surface area (Å²) in [6, 6.07) is -0.686. The molecule has 2 atom stereocenters. The number of carbonyl (C=O) groups is 2. The Labute approximate surface area is 109 Å². The van der Waals surface area contributed by atoms with Gasteiger partial charge >= 0.3 is 5.97 Å². The van der Waals surface area contributed by atoms with Crippen molar-refractivity contribution < 1.29 is 14.3 Å². The molecule has 0 radical (unpaired) electrons. The molecule has 1 aliphatic rings. The lowest BCUT2D eigenvalue weighted by Crippen LogP contribution is -2.49. The quantitative estimate of drug-likeness (QED) is 0.691. The maximum Gasteiger partial charge on any atom is 0.328 e. The molecule has 5 nitrogen and oxygen atoms in total. The molecule has 1 heterocycles. The van der Waals surface area contributed by atoms with E-state index in [1.807, 2.05) is 13.8 Å². The Hall–Kier alpha value is -1.10. The van der Waals surface area contributed by atoms with E-state index in [-0.39, 0.29) is 17.9 Å². The van der Waals surface area contributed by atoms with Crippen LogP contribution in [0.25, 0.3) is 0 Å². The van der Waals surface area contributed by atoms with Gasteiger partial charge in [-0.1, -0.05) is 13.8 Å². The molecule has 0 spiro atoms. The number of amides is 1. The van der Waals surface area contributed by atoms with Gasteiger partial charge in [-0.25, -0.2) is 4.79 Å². The monoisotopic (exact) mass is 256 g/mol. The van der Waals surface area contributed by atoms with E-state index in [2.05, 4.69) is 10.6 Å². The molecule has 0 aliphatic carbocycles. The molecule has 1 saturated heterocycles. The van der Waals surface area contributed by atoms with Crippen molar-refractivity contribution in [3.8, 4) is 0 Å². The van der Waals surface area contributed by atoms with E-state index in [0.29, 0.717) is 18.9 Å². The molecule has 0 bridgehead atoms. The number of rotatable bonds is 6. The van der Waals surface area contributed by atoms with Crippen molar-refractivity contribution in [3.05, 3.63) is 0 Å². The second-order valence-electron chi connectivity index (χ2n) is 5.09. The highest BCUT2D eigenvalue weighted by atomic mass is 16.5. The van der Waals surface area contributed by atoms with Gasteiger partial charge in [0.2, 0.25) is 5.91 Å². The summed E-state index contributed by atoms with van der Waals surface area (Å²) in [4.78, 5) is 23.7. The van der Waals surface area contributed by atoms with Crippen LogP contribution in [0, 0.1) is 5.92 Å². The highest BCUT2D eigenvalue weighted by Crippen LogP contribution is 2.09. The van der Waals surface area contributed by atoms with Crippen LogP contribution in [0.1, 0.15) is 40.0 Å². The van der Waals surface area contributed by atoms with Gasteiger partial charge < -0.3 is 15.4 Å². The Morgan fingerprint density at radius 3 is 2.67 bits per heavy atom. The van der Waals surface area contributed by atoms with Crippen LogP contribution in [0.2, 0.25) is 0 Å². The molecule has 1 fully saturated rings. The maximum absolute atomic E-state index is 12.0. The number of nitrogens with one attached hydrogen (secondary N) is 2. The first kappa shape index (κ1) is 15.0. The van der Waals surface area contributed by atoms with Crippen LogP contribution in [0.5, 0.6) is 0 Å². The van der Waals surface area contributed by atoms with Gasteiger partial charge in [0, 0.05) is 0 Å². The lowest BCUT2D eigenvalue weighted by atomic mass is 10.0. The van der Waals surface area contributed by atoms with Gasteiger partial charge in [0.1, 0.15) is 6.04 Å². The lowest BCUT2D eigenvalue weighted by Gasteiger charge is -2.21. The summed E-state index contributed by atoms with van der Waals surface area (Å²) < 4.78 is 4.99. The van der Waals surface area contributed by atoms with Gasteiger partial charge in [0.05, 0.1) is 12.6 Å². The minimum atomic E-state index is -0.528. The van der Waals surface area contributed by atoms with E-state index < -0.39 is 6.04 Å². The molecule has 18 heavy (non-hydrogen) atoms. The van der Waals surface area contributed by atoms with E-state index in [9.17, 15) is 9.59 Å². The van der Waals surface area contributed by atoms with Crippen molar-refractivity contribution in [1.82, 2.24) is 10.6 Å². The van der Waals surface area contributed by atoms with Crippen LogP contribution >= 0.6 is 0 Å². The molecule has 5 heteroatoms. The van der Waals surface area contributed by atoms with Crippen molar-refractivity contribution in [2.24, 2.45) is 5.92 Å². The molecule has 2 unspecified atom stereocenters. The van der Waals surface area contributed by atoms with E-state index in [0.717, 1.165) is 19.4 Å². The topological polar surface area (TPSA) is 67.4 Å². The number of hydrogen-bond acceptors (Lipinski definition) is 4. The second-order valence-corrected chi connectivity index (χ2v) is 5.09. The molecule has 0 saturated carbocycles. The van der Waals surface area contributed by atoms with Crippen molar-refractivity contribution in [1.29, 1.82) is 0 Å². The zero-order chi connectivity index (χ0) is 13.5. The summed E-state index contributed by atoms with van der Waals surface area (Å²) in [6.45, 7) is 7.01. The van der Waals surface area contributed by atoms with Crippen LogP contribution in [-0.2, 0) is 14.3 Å². The van der Waals surface area contributed by atoms with Gasteiger partial charge in [-0.3, -0.25) is 4.79 Å². The SMILES string of the molecule is CCOC(=O)C(CC(C)C)NC(=O)C1CCCN1. The molecule has 2 N–H and O–H groups in total. The average Bonchev–Trinajstić information content (AvgIpc) is 2.81. The Morgan fingerprint density at radius 1 is 1.44 bits per heavy atom. The third-order valence-corrected chi connectivity index (χ3v) is 2.97. The highest BCUT2D eigenvalue weighted by Gasteiger charge is 2.28. The van der Waals surface area contributed by atoms with E-state index in [1.165, 1.54) is 0 Å². The Bertz CT molecular complexity index is 286. The summed E-state index contributed by atoms with van der Waals surface area (Å²) in [5.41, 5.74) is 0. The fraction of sp³-hybridized carbons (Fsp3) is 0.846. The standard InChI is InChI=1S/C13H24N2O3/c1-4-18-13(17)11(8-9(2)3)15-12(16)10-6-5-7-14-10/h9-11,14H,4-8H2,1-3H3,(H,15,16). The number of carbonyl (C=O) groups excluding carboxylic acids is 2. The fourth-order valence-electron chi connectivity index (χ4n) is 2.11. The third-order valence-electron chi connectivity index (χ3n) is 2.97. The molecule has 104 valence electrons. The van der Waals surface area contributed by atoms with E-state index in [1.54, 1.807) is 6.92 Å². The van der Waals surface area contributed by atoms with Crippen LogP contribution in [-0.4, -0.2) is 37.1 Å². The lowest BCUT2D eigenvalue weighted by molar-refractivity contribution is -0.148. The van der Waals surface area contributed by atoms with Gasteiger partial charge in [-0.2, -0.15) is 0 Å². The number of ether oxygens (including phenoxy) is 1. The summed E-state index contributed by atoms with van der Waals surface area (Å²) in [5, 5.41) is 5.92. The van der Waals surface area contributed by atoms with Gasteiger partial charge in [-0.15, -0.1) is 0 Å². The zero-order valence-electron chi connectivity index (χ0n) is 11.5. The molecule has 0 aromatic heterocycles. The maximum atomic E-state index is 12.0. The normalized spacial score (nSPS) is 20.8. The van der Waals surface area contributed by atoms with E-state index in [4.69, 9.17) is 4.74 Å². The number of esters is 1. The van der Waals surface area contributed by atoms with Crippen LogP contribution in [0.15, 0.2) is 0 Å². The molecule has 0 aromatic rings. The molecule has 1 aliphatic heterocycles. The molecular formula is C13H24N2O3. The summed E-state index contributed by atoms with van der Waals surface area (Å²) in [6.07, 6.45) is 2.45. The first-order valence-corrected chi connectivity index (χ1v) is 6.75. The van der Waals surface area contributed by atoms with Crippen LogP contribution < -0.4 is 10.6 Å². The zero-order valence-corrected chi connectivity index (χ0v) is 11.5. The largest absolute Gasteiger partial charge is 0.464 e. The Kier molecular flexibility index (Phi) is 6.12. The van der Waals surface area contributed by atoms with Gasteiger partial charge in [0.15, 0.2) is 0 Å². The minimum absolute atomic E-state index is 0.0915. The van der Waals surface area contributed by atoms with Crippen LogP contribution in [0.3, 0.4) is 0 Å². The Morgan fingerprint density at radius 2 is 2.17 bits per heavy atom. The van der Waals surface area contributed by atoms with E-state index >= 15 is 0 Å². The average molecular weight is 256 g/mol. The van der Waals surface area contributed by atoms with Gasteiger partial charge in [-0.05, 0) is 38.6 Å². The van der Waals surface area contributed by atoms with Crippen molar-refractivity contribution in [2.75, 3.05) is 13.2 Å². The summed E-state index contributed by atoms with van der Waals surface area (Å²) in [7, 11) is 0. The predicted octanol–water partition coefficient (Wildman–Crippen LogP) is 0.832. The van der Waals surface area contributed by atoms with Crippen molar-refractivity contribution >= 4 is 11.9 Å². The van der Waals surface area contributed by atoms with Crippen molar-refractivity contribution in [3.63, 3.8) is 0 Å². The molecule has 1 rings (SSSR count). The molecule has 0 aromatic carbocycles. The number of hydrogen-bond donors (Lipinski definition) is 2. The summed E-state index contributed by atoms with van der Waals surface area (Å²) >= 11 is 0. The predicted molar refractivity (Wildman–Crippen MR) is 69.0 cm³/mol. The first-order valence-electron chi connectivity index (χ1n) is 6.75. The highest BCUT2D eigenvalue weighted by molar-refractivity contribution is 5.87. The first-order chi connectivity index (χ1) is 8.54. The fourth-order valence-corrected chi connectivity index (χ4v) is 2.11.